The summed E-state index contributed by atoms with van der Waals surface area (Å²) in [4.78, 5) is 94.6. The number of carbonyl (C=O) groups is 6. The van der Waals surface area contributed by atoms with Crippen LogP contribution in [0, 0.1) is 11.3 Å². The molecule has 7 rings (SSSR count). The Morgan fingerprint density at radius 2 is 1.86 bits per heavy atom. The minimum Gasteiger partial charge on any atom is -0.497 e. The fraction of sp³-hybridized carbons (Fsp3) is 0.574. The molecule has 3 fully saturated rings. The van der Waals surface area contributed by atoms with Crippen molar-refractivity contribution in [2.75, 3.05) is 32.1 Å². The van der Waals surface area contributed by atoms with Crippen LogP contribution >= 0.6 is 11.3 Å². The van der Waals surface area contributed by atoms with Gasteiger partial charge in [0.05, 0.1) is 30.9 Å². The number of nitrogens with one attached hydrogen (secondary N) is 4. The van der Waals surface area contributed by atoms with Gasteiger partial charge >= 0.3 is 12.0 Å². The number of rotatable bonds is 13. The lowest BCUT2D eigenvalue weighted by Gasteiger charge is -2.32. The minimum absolute atomic E-state index is 0.00924. The number of anilines is 1. The maximum Gasteiger partial charge on any atom is 0.330 e. The average molecular weight is 915 g/mol. The molecule has 3 aliphatic heterocycles. The first kappa shape index (κ1) is 47.2. The van der Waals surface area contributed by atoms with E-state index in [-0.39, 0.29) is 56.5 Å². The van der Waals surface area contributed by atoms with Crippen molar-refractivity contribution in [1.82, 2.24) is 35.7 Å². The Kier molecular flexibility index (Phi) is 14.3. The Balaban J connectivity index is 1.17. The molecule has 5 N–H and O–H groups in total. The van der Waals surface area contributed by atoms with Crippen LogP contribution in [-0.2, 0) is 24.0 Å². The van der Waals surface area contributed by atoms with E-state index in [4.69, 9.17) is 19.4 Å². The van der Waals surface area contributed by atoms with Crippen molar-refractivity contribution in [3.05, 3.63) is 41.8 Å². The number of urea groups is 1. The number of carbonyl (C=O) groups excluding carboxylic acids is 5. The molecule has 1 aromatic carbocycles. The number of ketones is 1. The van der Waals surface area contributed by atoms with Crippen molar-refractivity contribution in [2.45, 2.75) is 135 Å². The minimum atomic E-state index is -1.51. The zero-order valence-corrected chi connectivity index (χ0v) is 38.9. The summed E-state index contributed by atoms with van der Waals surface area (Å²) in [7, 11) is 1.57. The highest BCUT2D eigenvalue weighted by molar-refractivity contribution is 7.14. The third-order valence-corrected chi connectivity index (χ3v) is 13.4. The SMILES string of the molecule is COc1ccc2c(O[C@@H]3C[C@H]4C(=O)N[C@]5(C(=O)O)CC5/C=C\CCCCC[C@H](NC(=O)N[C@H](C(=O)CCN5CCCC5=O)C(C)(C)C)C(=O)N4C3)cc(-c3csc(NC(C)C)n3)nc2c1. The second kappa shape index (κ2) is 19.8. The highest BCUT2D eigenvalue weighted by Crippen LogP contribution is 2.45. The first-order chi connectivity index (χ1) is 30.9. The Labute approximate surface area is 383 Å². The van der Waals surface area contributed by atoms with Crippen LogP contribution in [0.2, 0.25) is 0 Å². The standard InChI is InChI=1S/C47H62N8O9S/c1-27(2)48-45-51-35(26-65-45)34-23-38(31-17-16-29(63-6)21-33(31)49-34)64-30-22-36-41(58)53-47(43(60)61)24-28(47)13-10-8-7-9-11-14-32(42(59)55(36)25-30)50-44(62)52-40(46(3,4)5)37(56)18-20-54-19-12-15-39(54)57/h10,13,16-17,21,23,26-28,30,32,36,40H,7-9,11-12,14-15,18-20,22,24-25H2,1-6H3,(H,48,51)(H,53,58)(H,60,61)(H2,50,52,62)/b13-10-/t28?,30-,32+,36+,40-,47-/m1/s1. The number of likely N-dealkylation sites (tertiary alicyclic amines) is 1. The molecule has 1 saturated carbocycles. The van der Waals surface area contributed by atoms with E-state index in [0.29, 0.717) is 59.6 Å². The number of methoxy groups -OCH3 is 1. The van der Waals surface area contributed by atoms with Gasteiger partial charge in [-0.25, -0.2) is 19.6 Å². The van der Waals surface area contributed by atoms with Gasteiger partial charge in [-0.15, -0.1) is 11.3 Å². The average Bonchev–Trinajstić information content (AvgIpc) is 3.59. The third-order valence-electron chi connectivity index (χ3n) is 12.6. The summed E-state index contributed by atoms with van der Waals surface area (Å²) in [5, 5.41) is 25.5. The van der Waals surface area contributed by atoms with Crippen LogP contribution in [-0.4, -0.2) is 123 Å². The Morgan fingerprint density at radius 1 is 1.06 bits per heavy atom. The lowest BCUT2D eigenvalue weighted by atomic mass is 9.83. The van der Waals surface area contributed by atoms with E-state index >= 15 is 0 Å². The molecule has 0 spiro atoms. The van der Waals surface area contributed by atoms with Gasteiger partial charge in [-0.2, -0.15) is 0 Å². The molecule has 3 aromatic rings. The number of aliphatic carboxylic acids is 1. The number of nitrogens with zero attached hydrogens (tertiary/aromatic N) is 4. The van der Waals surface area contributed by atoms with Crippen LogP contribution in [0.15, 0.2) is 41.8 Å². The van der Waals surface area contributed by atoms with Crippen molar-refractivity contribution >= 4 is 62.9 Å². The maximum atomic E-state index is 14.9. The lowest BCUT2D eigenvalue weighted by Crippen LogP contribution is -2.59. The summed E-state index contributed by atoms with van der Waals surface area (Å²) < 4.78 is 12.3. The van der Waals surface area contributed by atoms with E-state index in [1.165, 1.54) is 16.2 Å². The van der Waals surface area contributed by atoms with Gasteiger partial charge in [0.2, 0.25) is 17.7 Å². The van der Waals surface area contributed by atoms with Crippen LogP contribution in [0.1, 0.15) is 98.8 Å². The summed E-state index contributed by atoms with van der Waals surface area (Å²) in [6, 6.07) is 3.49. The first-order valence-electron chi connectivity index (χ1n) is 22.7. The molecule has 6 atom stereocenters. The topological polar surface area (TPSA) is 221 Å². The molecule has 350 valence electrons. The van der Waals surface area contributed by atoms with Crippen molar-refractivity contribution in [1.29, 1.82) is 0 Å². The summed E-state index contributed by atoms with van der Waals surface area (Å²) in [6.07, 6.45) is 7.60. The number of hydrogen-bond donors (Lipinski definition) is 5. The number of ether oxygens (including phenoxy) is 2. The normalized spacial score (nSPS) is 24.9. The van der Waals surface area contributed by atoms with Gasteiger partial charge in [0.15, 0.2) is 10.9 Å². The fourth-order valence-corrected chi connectivity index (χ4v) is 9.86. The van der Waals surface area contributed by atoms with E-state index in [2.05, 4.69) is 21.3 Å². The van der Waals surface area contributed by atoms with E-state index in [1.807, 2.05) is 58.2 Å². The number of fused-ring (bicyclic) bond motifs is 3. The van der Waals surface area contributed by atoms with Crippen LogP contribution in [0.4, 0.5) is 9.93 Å². The molecule has 1 unspecified atom stereocenters. The second-order valence-electron chi connectivity index (χ2n) is 19.0. The van der Waals surface area contributed by atoms with Crippen molar-refractivity contribution in [3.63, 3.8) is 0 Å². The Morgan fingerprint density at radius 3 is 2.57 bits per heavy atom. The van der Waals surface area contributed by atoms with Crippen LogP contribution in [0.5, 0.6) is 11.5 Å². The van der Waals surface area contributed by atoms with Crippen LogP contribution in [0.3, 0.4) is 0 Å². The number of aromatic nitrogens is 2. The van der Waals surface area contributed by atoms with Gasteiger partial charge in [0, 0.05) is 67.2 Å². The number of allylic oxidation sites excluding steroid dienone is 1. The summed E-state index contributed by atoms with van der Waals surface area (Å²) >= 11 is 1.45. The molecule has 0 bridgehead atoms. The van der Waals surface area contributed by atoms with Gasteiger partial charge in [0.1, 0.15) is 40.9 Å². The molecule has 5 amide bonds. The predicted octanol–water partition coefficient (Wildman–Crippen LogP) is 5.68. The molecular weight excluding hydrogens is 853 g/mol. The molecule has 0 radical (unpaired) electrons. The van der Waals surface area contributed by atoms with E-state index in [9.17, 15) is 33.9 Å². The van der Waals surface area contributed by atoms with Crippen molar-refractivity contribution < 1.29 is 43.3 Å². The largest absolute Gasteiger partial charge is 0.497 e. The summed E-state index contributed by atoms with van der Waals surface area (Å²) in [5.41, 5.74) is -0.466. The molecule has 18 heteroatoms. The van der Waals surface area contributed by atoms with E-state index in [0.717, 1.165) is 24.4 Å². The highest BCUT2D eigenvalue weighted by Gasteiger charge is 2.61. The second-order valence-corrected chi connectivity index (χ2v) is 19.9. The predicted molar refractivity (Wildman–Crippen MR) is 246 cm³/mol. The molecule has 2 aromatic heterocycles. The number of carboxylic acids is 1. The van der Waals surface area contributed by atoms with Crippen molar-refractivity contribution in [3.8, 4) is 22.9 Å². The number of hydrogen-bond acceptors (Lipinski definition) is 12. The molecule has 65 heavy (non-hydrogen) atoms. The number of thiazole rings is 1. The van der Waals surface area contributed by atoms with Gasteiger partial charge in [-0.05, 0) is 63.5 Å². The zero-order chi connectivity index (χ0) is 46.6. The van der Waals surface area contributed by atoms with E-state index in [1.54, 1.807) is 30.2 Å². The zero-order valence-electron chi connectivity index (χ0n) is 38.1. The van der Waals surface area contributed by atoms with Crippen LogP contribution in [0.25, 0.3) is 22.3 Å². The van der Waals surface area contributed by atoms with Crippen LogP contribution < -0.4 is 30.7 Å². The lowest BCUT2D eigenvalue weighted by molar-refractivity contribution is -0.145. The van der Waals surface area contributed by atoms with Crippen molar-refractivity contribution in [2.24, 2.45) is 11.3 Å². The molecule has 2 saturated heterocycles. The molecular formula is C47H62N8O9S. The highest BCUT2D eigenvalue weighted by atomic mass is 32.1. The number of amides is 5. The fourth-order valence-electron chi connectivity index (χ4n) is 9.00. The molecule has 1 aliphatic carbocycles. The summed E-state index contributed by atoms with van der Waals surface area (Å²) in [6.45, 7) is 10.4. The molecule has 17 nitrogen and oxygen atoms in total. The smallest absolute Gasteiger partial charge is 0.330 e. The number of benzene rings is 1. The van der Waals surface area contributed by atoms with E-state index < -0.39 is 64.9 Å². The van der Waals surface area contributed by atoms with Gasteiger partial charge < -0.3 is 45.6 Å². The Hall–Kier alpha value is -5.78. The van der Waals surface area contributed by atoms with Gasteiger partial charge in [-0.1, -0.05) is 45.8 Å². The van der Waals surface area contributed by atoms with Gasteiger partial charge in [-0.3, -0.25) is 19.2 Å². The number of Topliss-reactive ketones (excluding diaryl/α,β-unsaturated/α-hetero) is 1. The number of carboxylic acid groups (broad SMARTS) is 1. The molecule has 5 heterocycles. The first-order valence-corrected chi connectivity index (χ1v) is 23.6. The number of pyridine rings is 1. The maximum absolute atomic E-state index is 14.9. The monoisotopic (exact) mass is 914 g/mol. The third kappa shape index (κ3) is 11.0. The Bertz CT molecular complexity index is 2330. The quantitative estimate of drug-likeness (QED) is 0.131. The molecule has 4 aliphatic rings. The van der Waals surface area contributed by atoms with Gasteiger partial charge in [0.25, 0.3) is 0 Å². The summed E-state index contributed by atoms with van der Waals surface area (Å²) in [5.74, 6) is -1.91.